The first-order valence-corrected chi connectivity index (χ1v) is 6.55. The van der Waals surface area contributed by atoms with Crippen LogP contribution in [0.4, 0.5) is 10.1 Å². The lowest BCUT2D eigenvalue weighted by Crippen LogP contribution is -1.89. The van der Waals surface area contributed by atoms with Crippen molar-refractivity contribution in [3.05, 3.63) is 41.8 Å². The number of nitriles is 1. The SMILES string of the molecule is Cc1ncc(SNc2ccc(F)c3c(C#N)c[nH]c23)o1. The number of aromatic nitrogens is 2. The fourth-order valence-electron chi connectivity index (χ4n) is 1.87. The molecule has 100 valence electrons. The van der Waals surface area contributed by atoms with Gasteiger partial charge in [-0.05, 0) is 12.1 Å². The maximum Gasteiger partial charge on any atom is 0.201 e. The zero-order valence-corrected chi connectivity index (χ0v) is 11.2. The summed E-state index contributed by atoms with van der Waals surface area (Å²) < 4.78 is 22.2. The topological polar surface area (TPSA) is 77.6 Å². The number of fused-ring (bicyclic) bond motifs is 1. The monoisotopic (exact) mass is 288 g/mol. The molecule has 0 aliphatic heterocycles. The second-order valence-electron chi connectivity index (χ2n) is 4.06. The average Bonchev–Trinajstić information content (AvgIpc) is 3.05. The maximum absolute atomic E-state index is 13.8. The molecule has 0 atom stereocenters. The number of halogens is 1. The van der Waals surface area contributed by atoms with Crippen LogP contribution in [0.25, 0.3) is 10.9 Å². The Balaban J connectivity index is 1.94. The minimum Gasteiger partial charge on any atom is -0.433 e. The molecule has 20 heavy (non-hydrogen) atoms. The molecule has 3 aromatic rings. The van der Waals surface area contributed by atoms with Crippen LogP contribution < -0.4 is 4.72 Å². The summed E-state index contributed by atoms with van der Waals surface area (Å²) in [6.45, 7) is 1.75. The standard InChI is InChI=1S/C13H9FN4OS/c1-7-16-6-11(19-7)20-18-10-3-2-9(14)12-8(4-15)5-17-13(10)12/h2-3,5-6,17-18H,1H3. The van der Waals surface area contributed by atoms with Crippen LogP contribution in [-0.4, -0.2) is 9.97 Å². The highest BCUT2D eigenvalue weighted by atomic mass is 32.2. The highest BCUT2D eigenvalue weighted by molar-refractivity contribution is 8.00. The first-order valence-electron chi connectivity index (χ1n) is 5.74. The van der Waals surface area contributed by atoms with Crippen molar-refractivity contribution >= 4 is 28.5 Å². The average molecular weight is 288 g/mol. The quantitative estimate of drug-likeness (QED) is 0.720. The first kappa shape index (κ1) is 12.6. The van der Waals surface area contributed by atoms with Crippen LogP contribution >= 0.6 is 11.9 Å². The van der Waals surface area contributed by atoms with Gasteiger partial charge in [0.2, 0.25) is 5.09 Å². The van der Waals surface area contributed by atoms with E-state index in [0.717, 1.165) is 0 Å². The summed E-state index contributed by atoms with van der Waals surface area (Å²) in [7, 11) is 0. The Morgan fingerprint density at radius 1 is 1.50 bits per heavy atom. The van der Waals surface area contributed by atoms with Gasteiger partial charge in [-0.3, -0.25) is 0 Å². The van der Waals surface area contributed by atoms with Gasteiger partial charge in [-0.2, -0.15) is 5.26 Å². The molecule has 3 rings (SSSR count). The number of H-pyrrole nitrogens is 1. The summed E-state index contributed by atoms with van der Waals surface area (Å²) in [5.74, 6) is 0.147. The predicted molar refractivity (Wildman–Crippen MR) is 73.7 cm³/mol. The summed E-state index contributed by atoms with van der Waals surface area (Å²) in [5.41, 5.74) is 1.49. The van der Waals surface area contributed by atoms with Crippen LogP contribution in [0.5, 0.6) is 0 Å². The van der Waals surface area contributed by atoms with Gasteiger partial charge < -0.3 is 14.1 Å². The van der Waals surface area contributed by atoms with Crippen LogP contribution in [0, 0.1) is 24.1 Å². The zero-order chi connectivity index (χ0) is 14.1. The Morgan fingerprint density at radius 2 is 2.35 bits per heavy atom. The Labute approximate surface area is 117 Å². The number of anilines is 1. The Bertz CT molecular complexity index is 817. The number of oxazole rings is 1. The normalized spacial score (nSPS) is 10.7. The van der Waals surface area contributed by atoms with Crippen molar-refractivity contribution in [1.82, 2.24) is 9.97 Å². The van der Waals surface area contributed by atoms with Gasteiger partial charge in [0, 0.05) is 25.1 Å². The maximum atomic E-state index is 13.8. The van der Waals surface area contributed by atoms with Crippen molar-refractivity contribution in [1.29, 1.82) is 5.26 Å². The van der Waals surface area contributed by atoms with E-state index in [1.165, 1.54) is 24.2 Å². The number of benzene rings is 1. The molecule has 1 aromatic carbocycles. The van der Waals surface area contributed by atoms with E-state index in [9.17, 15) is 4.39 Å². The van der Waals surface area contributed by atoms with Crippen LogP contribution in [0.3, 0.4) is 0 Å². The fraction of sp³-hybridized carbons (Fsp3) is 0.0769. The number of aromatic amines is 1. The van der Waals surface area contributed by atoms with Crippen molar-refractivity contribution in [3.8, 4) is 6.07 Å². The van der Waals surface area contributed by atoms with Gasteiger partial charge in [0.1, 0.15) is 11.9 Å². The van der Waals surface area contributed by atoms with Gasteiger partial charge in [-0.1, -0.05) is 0 Å². The lowest BCUT2D eigenvalue weighted by Gasteiger charge is -2.05. The number of nitrogens with one attached hydrogen (secondary N) is 2. The number of rotatable bonds is 3. The second kappa shape index (κ2) is 4.90. The molecule has 0 amide bonds. The van der Waals surface area contributed by atoms with Crippen molar-refractivity contribution in [2.24, 2.45) is 0 Å². The lowest BCUT2D eigenvalue weighted by atomic mass is 10.1. The largest absolute Gasteiger partial charge is 0.433 e. The van der Waals surface area contributed by atoms with Gasteiger partial charge in [0.15, 0.2) is 5.89 Å². The molecule has 2 heterocycles. The van der Waals surface area contributed by atoms with Gasteiger partial charge in [-0.25, -0.2) is 9.37 Å². The van der Waals surface area contributed by atoms with Crippen molar-refractivity contribution < 1.29 is 8.81 Å². The third-order valence-electron chi connectivity index (χ3n) is 2.77. The van der Waals surface area contributed by atoms with Gasteiger partial charge in [-0.15, -0.1) is 0 Å². The Kier molecular flexibility index (Phi) is 3.08. The Morgan fingerprint density at radius 3 is 3.05 bits per heavy atom. The van der Waals surface area contributed by atoms with E-state index in [-0.39, 0.29) is 10.9 Å². The number of aryl methyl sites for hydroxylation is 1. The molecule has 0 saturated heterocycles. The van der Waals surface area contributed by atoms with Gasteiger partial charge in [0.25, 0.3) is 0 Å². The zero-order valence-electron chi connectivity index (χ0n) is 10.4. The number of hydrogen-bond donors (Lipinski definition) is 2. The second-order valence-corrected chi connectivity index (χ2v) is 4.87. The molecule has 0 radical (unpaired) electrons. The van der Waals surface area contributed by atoms with Crippen LogP contribution in [0.2, 0.25) is 0 Å². The van der Waals surface area contributed by atoms with Gasteiger partial charge >= 0.3 is 0 Å². The molecule has 0 aliphatic carbocycles. The Hall–Kier alpha value is -2.46. The van der Waals surface area contributed by atoms with Crippen molar-refractivity contribution in [3.63, 3.8) is 0 Å². The molecule has 0 spiro atoms. The minimum atomic E-state index is -0.427. The van der Waals surface area contributed by atoms with E-state index in [1.54, 1.807) is 19.2 Å². The molecule has 0 unspecified atom stereocenters. The van der Waals surface area contributed by atoms with E-state index >= 15 is 0 Å². The summed E-state index contributed by atoms with van der Waals surface area (Å²) in [6.07, 6.45) is 3.09. The van der Waals surface area contributed by atoms with E-state index in [0.29, 0.717) is 22.2 Å². The molecular weight excluding hydrogens is 279 g/mol. The van der Waals surface area contributed by atoms with E-state index < -0.39 is 5.82 Å². The summed E-state index contributed by atoms with van der Waals surface area (Å²) >= 11 is 1.23. The van der Waals surface area contributed by atoms with Crippen molar-refractivity contribution in [2.75, 3.05) is 4.72 Å². The van der Waals surface area contributed by atoms with Crippen LogP contribution in [0.1, 0.15) is 11.5 Å². The van der Waals surface area contributed by atoms with Crippen molar-refractivity contribution in [2.45, 2.75) is 12.0 Å². The lowest BCUT2D eigenvalue weighted by molar-refractivity contribution is 0.442. The number of hydrogen-bond acceptors (Lipinski definition) is 5. The highest BCUT2D eigenvalue weighted by Gasteiger charge is 2.13. The fourth-order valence-corrected chi connectivity index (χ4v) is 2.52. The number of nitrogens with zero attached hydrogens (tertiary/aromatic N) is 2. The molecule has 0 saturated carbocycles. The van der Waals surface area contributed by atoms with E-state index in [1.807, 2.05) is 6.07 Å². The molecular formula is C13H9FN4OS. The molecule has 7 heteroatoms. The minimum absolute atomic E-state index is 0.279. The first-order chi connectivity index (χ1) is 9.69. The van der Waals surface area contributed by atoms with Crippen LogP contribution in [0.15, 0.2) is 34.0 Å². The molecule has 0 aliphatic rings. The molecule has 5 nitrogen and oxygen atoms in total. The summed E-state index contributed by atoms with van der Waals surface area (Å²) in [6, 6.07) is 4.89. The summed E-state index contributed by atoms with van der Waals surface area (Å²) in [5, 5.41) is 9.85. The smallest absolute Gasteiger partial charge is 0.201 e. The predicted octanol–water partition coefficient (Wildman–Crippen LogP) is 3.59. The molecule has 0 bridgehead atoms. The van der Waals surface area contributed by atoms with Crippen LogP contribution in [-0.2, 0) is 0 Å². The molecule has 2 aromatic heterocycles. The molecule has 2 N–H and O–H groups in total. The molecule has 0 fully saturated rings. The third-order valence-corrected chi connectivity index (χ3v) is 3.48. The van der Waals surface area contributed by atoms with Gasteiger partial charge in [0.05, 0.1) is 28.4 Å². The third kappa shape index (κ3) is 2.10. The van der Waals surface area contributed by atoms with E-state index in [2.05, 4.69) is 14.7 Å². The van der Waals surface area contributed by atoms with E-state index in [4.69, 9.17) is 9.68 Å². The highest BCUT2D eigenvalue weighted by Crippen LogP contribution is 2.31. The summed E-state index contributed by atoms with van der Waals surface area (Å²) in [4.78, 5) is 6.89.